The summed E-state index contributed by atoms with van der Waals surface area (Å²) in [5.41, 5.74) is 0. The number of likely N-dealkylation sites (tertiary alicyclic amines) is 2. The Morgan fingerprint density at radius 1 is 1.04 bits per heavy atom. The third kappa shape index (κ3) is 7.08. The Labute approximate surface area is 142 Å². The first-order chi connectivity index (χ1) is 11.3. The predicted molar refractivity (Wildman–Crippen MR) is 99.1 cm³/mol. The molecule has 5 heteroatoms. The minimum Gasteiger partial charge on any atom is -0.356 e. The highest BCUT2D eigenvalue weighted by molar-refractivity contribution is 5.79. The van der Waals surface area contributed by atoms with E-state index in [0.29, 0.717) is 0 Å². The molecule has 2 aliphatic heterocycles. The molecule has 5 nitrogen and oxygen atoms in total. The zero-order valence-electron chi connectivity index (χ0n) is 15.3. The van der Waals surface area contributed by atoms with Gasteiger partial charge >= 0.3 is 0 Å². The Morgan fingerprint density at radius 2 is 1.83 bits per heavy atom. The van der Waals surface area contributed by atoms with Crippen molar-refractivity contribution in [1.82, 2.24) is 20.4 Å². The summed E-state index contributed by atoms with van der Waals surface area (Å²) in [7, 11) is 1.87. The molecule has 2 rings (SSSR count). The molecule has 0 saturated carbocycles. The Balaban J connectivity index is 1.54. The van der Waals surface area contributed by atoms with Crippen LogP contribution in [0.4, 0.5) is 0 Å². The van der Waals surface area contributed by atoms with E-state index in [0.717, 1.165) is 25.0 Å². The van der Waals surface area contributed by atoms with Crippen LogP contribution in [-0.4, -0.2) is 75.2 Å². The largest absolute Gasteiger partial charge is 0.356 e. The zero-order chi connectivity index (χ0) is 16.3. The van der Waals surface area contributed by atoms with Crippen LogP contribution in [-0.2, 0) is 0 Å². The second-order valence-electron chi connectivity index (χ2n) is 7.04. The molecule has 0 aromatic rings. The van der Waals surface area contributed by atoms with Gasteiger partial charge in [0.05, 0.1) is 0 Å². The van der Waals surface area contributed by atoms with E-state index in [1.807, 2.05) is 7.05 Å². The first-order valence-corrected chi connectivity index (χ1v) is 9.71. The molecule has 2 fully saturated rings. The van der Waals surface area contributed by atoms with Crippen LogP contribution in [0.1, 0.15) is 45.4 Å². The molecular formula is C18H37N5. The van der Waals surface area contributed by atoms with Gasteiger partial charge < -0.3 is 20.4 Å². The van der Waals surface area contributed by atoms with E-state index in [4.69, 9.17) is 0 Å². The zero-order valence-corrected chi connectivity index (χ0v) is 15.3. The van der Waals surface area contributed by atoms with Gasteiger partial charge in [0.25, 0.3) is 0 Å². The molecule has 2 aliphatic rings. The average molecular weight is 324 g/mol. The van der Waals surface area contributed by atoms with Crippen LogP contribution >= 0.6 is 0 Å². The minimum atomic E-state index is 0.769. The standard InChI is InChI=1S/C18H37N5/c1-3-22-14-9-17(16-22)15-21-18(19-2)20-10-8-13-23-11-6-4-5-7-12-23/h17H,3-16H2,1-2H3,(H2,19,20,21). The molecule has 0 radical (unpaired) electrons. The van der Waals surface area contributed by atoms with E-state index >= 15 is 0 Å². The van der Waals surface area contributed by atoms with Gasteiger partial charge in [-0.2, -0.15) is 0 Å². The van der Waals surface area contributed by atoms with Gasteiger partial charge in [-0.15, -0.1) is 0 Å². The fourth-order valence-corrected chi connectivity index (χ4v) is 3.70. The van der Waals surface area contributed by atoms with E-state index < -0.39 is 0 Å². The van der Waals surface area contributed by atoms with Crippen molar-refractivity contribution in [3.8, 4) is 0 Å². The summed E-state index contributed by atoms with van der Waals surface area (Å²) in [4.78, 5) is 9.51. The first kappa shape index (κ1) is 18.5. The summed E-state index contributed by atoms with van der Waals surface area (Å²) in [6.07, 6.45) is 8.12. The normalized spacial score (nSPS) is 24.6. The van der Waals surface area contributed by atoms with Gasteiger partial charge in [-0.05, 0) is 64.3 Å². The summed E-state index contributed by atoms with van der Waals surface area (Å²) in [5, 5.41) is 6.98. The highest BCUT2D eigenvalue weighted by Gasteiger charge is 2.20. The number of hydrogen-bond acceptors (Lipinski definition) is 3. The van der Waals surface area contributed by atoms with Crippen LogP contribution < -0.4 is 10.6 Å². The van der Waals surface area contributed by atoms with Crippen molar-refractivity contribution in [3.05, 3.63) is 0 Å². The molecule has 0 bridgehead atoms. The maximum Gasteiger partial charge on any atom is 0.190 e. The van der Waals surface area contributed by atoms with E-state index in [2.05, 4.69) is 32.3 Å². The van der Waals surface area contributed by atoms with Crippen LogP contribution in [0.3, 0.4) is 0 Å². The summed E-state index contributed by atoms with van der Waals surface area (Å²) in [6.45, 7) is 11.8. The average Bonchev–Trinajstić information content (AvgIpc) is 2.88. The van der Waals surface area contributed by atoms with Crippen LogP contribution in [0.2, 0.25) is 0 Å². The lowest BCUT2D eigenvalue weighted by Crippen LogP contribution is -2.41. The smallest absolute Gasteiger partial charge is 0.190 e. The van der Waals surface area contributed by atoms with Crippen molar-refractivity contribution >= 4 is 5.96 Å². The van der Waals surface area contributed by atoms with Gasteiger partial charge in [0.1, 0.15) is 0 Å². The van der Waals surface area contributed by atoms with Crippen LogP contribution in [0.5, 0.6) is 0 Å². The minimum absolute atomic E-state index is 0.769. The highest BCUT2D eigenvalue weighted by Crippen LogP contribution is 2.14. The number of guanidine groups is 1. The van der Waals surface area contributed by atoms with E-state index in [9.17, 15) is 0 Å². The number of aliphatic imine (C=N–C) groups is 1. The molecule has 2 saturated heterocycles. The van der Waals surface area contributed by atoms with Crippen LogP contribution in [0, 0.1) is 5.92 Å². The maximum atomic E-state index is 4.35. The number of nitrogens with zero attached hydrogens (tertiary/aromatic N) is 3. The Kier molecular flexibility index (Phi) is 8.76. The van der Waals surface area contributed by atoms with Gasteiger partial charge in [0.15, 0.2) is 5.96 Å². The number of rotatable bonds is 7. The Morgan fingerprint density at radius 3 is 2.48 bits per heavy atom. The summed E-state index contributed by atoms with van der Waals surface area (Å²) in [5.74, 6) is 1.74. The van der Waals surface area contributed by atoms with E-state index in [1.165, 1.54) is 77.8 Å². The van der Waals surface area contributed by atoms with Crippen molar-refractivity contribution < 1.29 is 0 Å². The molecule has 0 amide bonds. The first-order valence-electron chi connectivity index (χ1n) is 9.71. The lowest BCUT2D eigenvalue weighted by molar-refractivity contribution is 0.282. The lowest BCUT2D eigenvalue weighted by Gasteiger charge is -2.20. The van der Waals surface area contributed by atoms with Crippen molar-refractivity contribution in [2.75, 3.05) is 59.4 Å². The van der Waals surface area contributed by atoms with Gasteiger partial charge in [0.2, 0.25) is 0 Å². The molecule has 0 aliphatic carbocycles. The molecule has 23 heavy (non-hydrogen) atoms. The molecule has 1 atom stereocenters. The fraction of sp³-hybridized carbons (Fsp3) is 0.944. The van der Waals surface area contributed by atoms with E-state index in [1.54, 1.807) is 0 Å². The van der Waals surface area contributed by atoms with Gasteiger partial charge in [0, 0.05) is 26.7 Å². The van der Waals surface area contributed by atoms with Gasteiger partial charge in [-0.3, -0.25) is 4.99 Å². The van der Waals surface area contributed by atoms with Crippen molar-refractivity contribution in [2.45, 2.75) is 45.4 Å². The topological polar surface area (TPSA) is 42.9 Å². The lowest BCUT2D eigenvalue weighted by atomic mass is 10.1. The number of nitrogens with one attached hydrogen (secondary N) is 2. The Hall–Kier alpha value is -0.810. The monoisotopic (exact) mass is 323 g/mol. The Bertz CT molecular complexity index is 336. The highest BCUT2D eigenvalue weighted by atomic mass is 15.2. The predicted octanol–water partition coefficient (Wildman–Crippen LogP) is 1.76. The second-order valence-corrected chi connectivity index (χ2v) is 7.04. The molecule has 0 aromatic heterocycles. The van der Waals surface area contributed by atoms with Crippen LogP contribution in [0.15, 0.2) is 4.99 Å². The molecule has 2 heterocycles. The third-order valence-corrected chi connectivity index (χ3v) is 5.24. The van der Waals surface area contributed by atoms with E-state index in [-0.39, 0.29) is 0 Å². The van der Waals surface area contributed by atoms with Gasteiger partial charge in [-0.1, -0.05) is 19.8 Å². The molecular weight excluding hydrogens is 286 g/mol. The summed E-state index contributed by atoms with van der Waals surface area (Å²) >= 11 is 0. The quantitative estimate of drug-likeness (QED) is 0.426. The fourth-order valence-electron chi connectivity index (χ4n) is 3.70. The molecule has 134 valence electrons. The SMILES string of the molecule is CCN1CCC(CNC(=NC)NCCCN2CCCCCC2)C1. The van der Waals surface area contributed by atoms with Gasteiger partial charge in [-0.25, -0.2) is 0 Å². The van der Waals surface area contributed by atoms with Crippen molar-refractivity contribution in [3.63, 3.8) is 0 Å². The van der Waals surface area contributed by atoms with Crippen molar-refractivity contribution in [1.29, 1.82) is 0 Å². The third-order valence-electron chi connectivity index (χ3n) is 5.24. The maximum absolute atomic E-state index is 4.35. The molecule has 1 unspecified atom stereocenters. The van der Waals surface area contributed by atoms with Crippen molar-refractivity contribution in [2.24, 2.45) is 10.9 Å². The number of hydrogen-bond donors (Lipinski definition) is 2. The summed E-state index contributed by atoms with van der Waals surface area (Å²) < 4.78 is 0. The molecule has 2 N–H and O–H groups in total. The molecule has 0 spiro atoms. The summed E-state index contributed by atoms with van der Waals surface area (Å²) in [6, 6.07) is 0. The second kappa shape index (κ2) is 10.9. The molecule has 0 aromatic carbocycles. The van der Waals surface area contributed by atoms with Crippen LogP contribution in [0.25, 0.3) is 0 Å².